The third-order valence-electron chi connectivity index (χ3n) is 1.74. The summed E-state index contributed by atoms with van der Waals surface area (Å²) in [5.41, 5.74) is 0.754. The summed E-state index contributed by atoms with van der Waals surface area (Å²) in [6, 6.07) is 0.272. The van der Waals surface area contributed by atoms with Gasteiger partial charge in [0, 0.05) is 5.69 Å². The van der Waals surface area contributed by atoms with Crippen LogP contribution in [-0.2, 0) is 6.18 Å². The normalized spacial score (nSPS) is 11.9. The fourth-order valence-electron chi connectivity index (χ4n) is 1.07. The number of carbonyl (C=O) groups excluding carboxylic acids is 1. The molecule has 88 valence electrons. The van der Waals surface area contributed by atoms with Crippen LogP contribution in [0.1, 0.15) is 28.2 Å². The number of aromatic nitrogens is 1. The van der Waals surface area contributed by atoms with Gasteiger partial charge in [-0.25, -0.2) is 13.8 Å². The summed E-state index contributed by atoms with van der Waals surface area (Å²) in [5, 5.41) is 0. The Labute approximate surface area is 86.1 Å². The lowest BCUT2D eigenvalue weighted by atomic mass is 10.1. The molecule has 0 aromatic carbocycles. The van der Waals surface area contributed by atoms with Crippen molar-refractivity contribution in [3.63, 3.8) is 0 Å². The molecule has 1 aromatic heterocycles. The standard InChI is InChI=1S/C8H5F5N2O/c9-7(10)6-3(14)1-5(8(11,12)13)15-4(6)2-16/h1-2,7H,(H2,14,15). The lowest BCUT2D eigenvalue weighted by molar-refractivity contribution is -0.141. The van der Waals surface area contributed by atoms with Crippen molar-refractivity contribution < 1.29 is 26.7 Å². The van der Waals surface area contributed by atoms with Gasteiger partial charge in [-0.2, -0.15) is 13.2 Å². The van der Waals surface area contributed by atoms with E-state index in [1.807, 2.05) is 0 Å². The summed E-state index contributed by atoms with van der Waals surface area (Å²) in [4.78, 5) is 13.1. The van der Waals surface area contributed by atoms with Crippen molar-refractivity contribution in [2.75, 3.05) is 5.73 Å². The average molecular weight is 240 g/mol. The van der Waals surface area contributed by atoms with Crippen molar-refractivity contribution in [1.82, 2.24) is 4.98 Å². The quantitative estimate of drug-likeness (QED) is 0.638. The van der Waals surface area contributed by atoms with Crippen LogP contribution in [0.25, 0.3) is 0 Å². The summed E-state index contributed by atoms with van der Waals surface area (Å²) in [6.07, 6.45) is -8.19. The Morgan fingerprint density at radius 2 is 1.94 bits per heavy atom. The minimum atomic E-state index is -4.84. The first-order chi connectivity index (χ1) is 7.27. The molecule has 0 aliphatic heterocycles. The van der Waals surface area contributed by atoms with E-state index in [0.29, 0.717) is 0 Å². The van der Waals surface area contributed by atoms with E-state index in [4.69, 9.17) is 5.73 Å². The summed E-state index contributed by atoms with van der Waals surface area (Å²) >= 11 is 0. The number of rotatable bonds is 2. The van der Waals surface area contributed by atoms with E-state index >= 15 is 0 Å². The predicted octanol–water partition coefficient (Wildman–Crippen LogP) is 2.43. The second kappa shape index (κ2) is 4.03. The van der Waals surface area contributed by atoms with E-state index in [9.17, 15) is 26.7 Å². The van der Waals surface area contributed by atoms with Crippen LogP contribution < -0.4 is 5.73 Å². The Kier molecular flexibility index (Phi) is 3.11. The smallest absolute Gasteiger partial charge is 0.398 e. The third kappa shape index (κ3) is 2.26. The van der Waals surface area contributed by atoms with Crippen molar-refractivity contribution in [3.8, 4) is 0 Å². The van der Waals surface area contributed by atoms with Gasteiger partial charge in [-0.05, 0) is 6.07 Å². The molecule has 1 rings (SSSR count). The number of pyridine rings is 1. The number of hydrogen-bond acceptors (Lipinski definition) is 3. The Morgan fingerprint density at radius 3 is 2.31 bits per heavy atom. The van der Waals surface area contributed by atoms with Gasteiger partial charge in [0.2, 0.25) is 0 Å². The number of anilines is 1. The van der Waals surface area contributed by atoms with Crippen LogP contribution in [-0.4, -0.2) is 11.3 Å². The molecule has 0 unspecified atom stereocenters. The van der Waals surface area contributed by atoms with Crippen LogP contribution in [0.5, 0.6) is 0 Å². The number of hydrogen-bond donors (Lipinski definition) is 1. The highest BCUT2D eigenvalue weighted by molar-refractivity contribution is 5.78. The van der Waals surface area contributed by atoms with Crippen LogP contribution in [0.15, 0.2) is 6.07 Å². The molecule has 1 aromatic rings. The van der Waals surface area contributed by atoms with Crippen molar-refractivity contribution in [2.24, 2.45) is 0 Å². The Bertz CT molecular complexity index is 416. The molecule has 0 fully saturated rings. The van der Waals surface area contributed by atoms with Crippen molar-refractivity contribution in [2.45, 2.75) is 12.6 Å². The lowest BCUT2D eigenvalue weighted by Gasteiger charge is -2.11. The number of halogens is 5. The predicted molar refractivity (Wildman–Crippen MR) is 44.0 cm³/mol. The zero-order chi connectivity index (χ0) is 12.5. The maximum atomic E-state index is 12.3. The van der Waals surface area contributed by atoms with Crippen LogP contribution in [0.2, 0.25) is 0 Å². The first-order valence-electron chi connectivity index (χ1n) is 3.88. The zero-order valence-corrected chi connectivity index (χ0v) is 7.55. The summed E-state index contributed by atoms with van der Waals surface area (Å²) < 4.78 is 61.3. The fourth-order valence-corrected chi connectivity index (χ4v) is 1.07. The Hall–Kier alpha value is -1.73. The largest absolute Gasteiger partial charge is 0.433 e. The third-order valence-corrected chi connectivity index (χ3v) is 1.74. The molecular formula is C8H5F5N2O. The van der Waals surface area contributed by atoms with Gasteiger partial charge in [0.15, 0.2) is 6.29 Å². The first kappa shape index (κ1) is 12.3. The molecule has 0 aliphatic carbocycles. The van der Waals surface area contributed by atoms with E-state index in [-0.39, 0.29) is 12.4 Å². The molecule has 0 amide bonds. The van der Waals surface area contributed by atoms with Gasteiger partial charge in [0.25, 0.3) is 6.43 Å². The molecule has 2 N–H and O–H groups in total. The van der Waals surface area contributed by atoms with Crippen LogP contribution >= 0.6 is 0 Å². The minimum Gasteiger partial charge on any atom is -0.398 e. The molecule has 1 heterocycles. The molecule has 0 saturated carbocycles. The molecule has 0 radical (unpaired) electrons. The Morgan fingerprint density at radius 1 is 1.38 bits per heavy atom. The van der Waals surface area contributed by atoms with Gasteiger partial charge >= 0.3 is 6.18 Å². The van der Waals surface area contributed by atoms with Crippen LogP contribution in [0, 0.1) is 0 Å². The zero-order valence-electron chi connectivity index (χ0n) is 7.55. The summed E-state index contributed by atoms with van der Waals surface area (Å²) in [7, 11) is 0. The molecule has 0 spiro atoms. The first-order valence-corrected chi connectivity index (χ1v) is 3.88. The van der Waals surface area contributed by atoms with Gasteiger partial charge in [-0.3, -0.25) is 4.79 Å². The van der Waals surface area contributed by atoms with E-state index in [1.165, 1.54) is 0 Å². The van der Waals surface area contributed by atoms with Gasteiger partial charge in [-0.1, -0.05) is 0 Å². The number of nitrogens with two attached hydrogens (primary N) is 1. The van der Waals surface area contributed by atoms with Crippen LogP contribution in [0.4, 0.5) is 27.6 Å². The maximum absolute atomic E-state index is 12.3. The molecule has 16 heavy (non-hydrogen) atoms. The van der Waals surface area contributed by atoms with Crippen molar-refractivity contribution >= 4 is 12.0 Å². The molecule has 0 saturated heterocycles. The fraction of sp³-hybridized carbons (Fsp3) is 0.250. The Balaban J connectivity index is 3.44. The molecule has 0 aliphatic rings. The van der Waals surface area contributed by atoms with E-state index in [0.717, 1.165) is 0 Å². The van der Waals surface area contributed by atoms with Gasteiger partial charge in [-0.15, -0.1) is 0 Å². The molecule has 3 nitrogen and oxygen atoms in total. The summed E-state index contributed by atoms with van der Waals surface area (Å²) in [6.45, 7) is 0. The minimum absolute atomic E-state index is 0.187. The number of carbonyl (C=O) groups is 1. The maximum Gasteiger partial charge on any atom is 0.433 e. The topological polar surface area (TPSA) is 56.0 Å². The van der Waals surface area contributed by atoms with Gasteiger partial charge < -0.3 is 5.73 Å². The number of nitrogens with zero attached hydrogens (tertiary/aromatic N) is 1. The number of alkyl halides is 5. The average Bonchev–Trinajstić information content (AvgIpc) is 2.14. The second-order valence-electron chi connectivity index (χ2n) is 2.81. The highest BCUT2D eigenvalue weighted by Gasteiger charge is 2.34. The van der Waals surface area contributed by atoms with Crippen LogP contribution in [0.3, 0.4) is 0 Å². The second-order valence-corrected chi connectivity index (χ2v) is 2.81. The van der Waals surface area contributed by atoms with Gasteiger partial charge in [0.05, 0.1) is 5.56 Å². The van der Waals surface area contributed by atoms with Crippen molar-refractivity contribution in [3.05, 3.63) is 23.0 Å². The lowest BCUT2D eigenvalue weighted by Crippen LogP contribution is -2.13. The van der Waals surface area contributed by atoms with Crippen molar-refractivity contribution in [1.29, 1.82) is 0 Å². The molecule has 8 heteroatoms. The number of nitrogen functional groups attached to an aromatic ring is 1. The van der Waals surface area contributed by atoms with E-state index < -0.39 is 35.2 Å². The number of aldehydes is 1. The highest BCUT2D eigenvalue weighted by Crippen LogP contribution is 2.33. The SMILES string of the molecule is Nc1cc(C(F)(F)F)nc(C=O)c1C(F)F. The highest BCUT2D eigenvalue weighted by atomic mass is 19.4. The van der Waals surface area contributed by atoms with E-state index in [2.05, 4.69) is 4.98 Å². The molecule has 0 bridgehead atoms. The van der Waals surface area contributed by atoms with Gasteiger partial charge in [0.1, 0.15) is 11.4 Å². The molecule has 0 atom stereocenters. The molecular weight excluding hydrogens is 235 g/mol. The van der Waals surface area contributed by atoms with E-state index in [1.54, 1.807) is 0 Å². The monoisotopic (exact) mass is 240 g/mol. The summed E-state index contributed by atoms with van der Waals surface area (Å²) in [5.74, 6) is 0.